The minimum Gasteiger partial charge on any atom is -0.472 e. The fraction of sp³-hybridized carbons (Fsp3) is 0.429. The molecule has 1 N–H and O–H groups in total. The number of pyridine rings is 1. The Hall–Kier alpha value is -1.97. The molecular formula is C14H18N4O4S. The molecule has 0 spiro atoms. The van der Waals surface area contributed by atoms with Crippen LogP contribution in [0, 0.1) is 0 Å². The second-order valence-electron chi connectivity index (χ2n) is 5.29. The predicted molar refractivity (Wildman–Crippen MR) is 81.4 cm³/mol. The monoisotopic (exact) mass is 338 g/mol. The van der Waals surface area contributed by atoms with Crippen molar-refractivity contribution in [3.63, 3.8) is 0 Å². The van der Waals surface area contributed by atoms with Crippen LogP contribution in [0.1, 0.15) is 6.42 Å². The Bertz CT molecular complexity index is 747. The molecule has 3 rings (SSSR count). The Labute approximate surface area is 134 Å². The maximum absolute atomic E-state index is 12.4. The van der Waals surface area contributed by atoms with Crippen molar-refractivity contribution in [1.82, 2.24) is 19.3 Å². The first-order valence-corrected chi connectivity index (χ1v) is 8.68. The van der Waals surface area contributed by atoms with E-state index < -0.39 is 16.1 Å². The normalized spacial score (nSPS) is 22.0. The molecule has 1 fully saturated rings. The molecule has 0 amide bonds. The van der Waals surface area contributed by atoms with Gasteiger partial charge < -0.3 is 14.0 Å². The van der Waals surface area contributed by atoms with Gasteiger partial charge in [0, 0.05) is 31.9 Å². The third-order valence-electron chi connectivity index (χ3n) is 3.47. The van der Waals surface area contributed by atoms with Gasteiger partial charge in [-0.15, -0.1) is 0 Å². The van der Waals surface area contributed by atoms with Gasteiger partial charge in [0.25, 0.3) is 10.0 Å². The summed E-state index contributed by atoms with van der Waals surface area (Å²) in [5.74, 6) is 0.460. The van der Waals surface area contributed by atoms with Gasteiger partial charge in [-0.1, -0.05) is 6.07 Å². The number of hydrogen-bond donors (Lipinski definition) is 1. The van der Waals surface area contributed by atoms with Crippen molar-refractivity contribution >= 4 is 10.0 Å². The smallest absolute Gasteiger partial charge is 0.260 e. The van der Waals surface area contributed by atoms with Crippen molar-refractivity contribution in [2.45, 2.75) is 23.6 Å². The molecule has 0 aliphatic carbocycles. The summed E-state index contributed by atoms with van der Waals surface area (Å²) in [7, 11) is -2.02. The van der Waals surface area contributed by atoms with Crippen molar-refractivity contribution in [3.8, 4) is 5.88 Å². The number of aryl methyl sites for hydroxylation is 1. The first kappa shape index (κ1) is 15.9. The molecule has 9 heteroatoms. The van der Waals surface area contributed by atoms with Crippen LogP contribution in [0.5, 0.6) is 5.88 Å². The van der Waals surface area contributed by atoms with Gasteiger partial charge in [-0.2, -0.15) is 0 Å². The Morgan fingerprint density at radius 1 is 1.39 bits per heavy atom. The molecule has 1 aliphatic rings. The topological polar surface area (TPSA) is 95.3 Å². The minimum absolute atomic E-state index is 0.0258. The summed E-state index contributed by atoms with van der Waals surface area (Å²) in [5, 5.41) is -0.0258. The SMILES string of the molecule is Cn1cnc(S(=O)(=O)N[C@@H]2COCC[C@H]2Oc2ccccn2)c1. The van der Waals surface area contributed by atoms with Gasteiger partial charge >= 0.3 is 0 Å². The molecule has 2 atom stereocenters. The fourth-order valence-electron chi connectivity index (χ4n) is 2.33. The van der Waals surface area contributed by atoms with Crippen molar-refractivity contribution in [2.75, 3.05) is 13.2 Å². The highest BCUT2D eigenvalue weighted by molar-refractivity contribution is 7.89. The zero-order chi connectivity index (χ0) is 16.3. The summed E-state index contributed by atoms with van der Waals surface area (Å²) in [6.07, 6.45) is 4.74. The van der Waals surface area contributed by atoms with Gasteiger partial charge in [0.2, 0.25) is 5.88 Å². The number of hydrogen-bond acceptors (Lipinski definition) is 6. The van der Waals surface area contributed by atoms with E-state index in [4.69, 9.17) is 9.47 Å². The lowest BCUT2D eigenvalue weighted by molar-refractivity contribution is 0.00148. The molecule has 2 aromatic heterocycles. The Balaban J connectivity index is 1.74. The van der Waals surface area contributed by atoms with E-state index in [-0.39, 0.29) is 17.7 Å². The summed E-state index contributed by atoms with van der Waals surface area (Å²) in [4.78, 5) is 7.99. The molecule has 0 radical (unpaired) electrons. The van der Waals surface area contributed by atoms with Gasteiger partial charge in [-0.05, 0) is 6.07 Å². The quantitative estimate of drug-likeness (QED) is 0.844. The van der Waals surface area contributed by atoms with Crippen molar-refractivity contribution < 1.29 is 17.9 Å². The van der Waals surface area contributed by atoms with E-state index in [9.17, 15) is 8.42 Å². The van der Waals surface area contributed by atoms with Crippen LogP contribution < -0.4 is 9.46 Å². The predicted octanol–water partition coefficient (Wildman–Crippen LogP) is 0.330. The van der Waals surface area contributed by atoms with Crippen LogP contribution in [0.15, 0.2) is 41.9 Å². The maximum Gasteiger partial charge on any atom is 0.260 e. The van der Waals surface area contributed by atoms with E-state index in [1.54, 1.807) is 29.9 Å². The lowest BCUT2D eigenvalue weighted by Crippen LogP contribution is -2.51. The lowest BCUT2D eigenvalue weighted by Gasteiger charge is -2.31. The summed E-state index contributed by atoms with van der Waals surface area (Å²) in [6, 6.07) is 4.84. The summed E-state index contributed by atoms with van der Waals surface area (Å²) in [5.41, 5.74) is 0. The van der Waals surface area contributed by atoms with Crippen molar-refractivity contribution in [3.05, 3.63) is 36.9 Å². The van der Waals surface area contributed by atoms with Crippen molar-refractivity contribution in [2.24, 2.45) is 7.05 Å². The highest BCUT2D eigenvalue weighted by atomic mass is 32.2. The number of imidazole rings is 1. The summed E-state index contributed by atoms with van der Waals surface area (Å²) < 4.78 is 40.2. The van der Waals surface area contributed by atoms with Crippen LogP contribution in [-0.2, 0) is 21.8 Å². The second kappa shape index (κ2) is 6.65. The van der Waals surface area contributed by atoms with Gasteiger partial charge in [0.05, 0.1) is 25.6 Å². The van der Waals surface area contributed by atoms with Crippen LogP contribution in [0.4, 0.5) is 0 Å². The Kier molecular flexibility index (Phi) is 4.60. The van der Waals surface area contributed by atoms with Crippen LogP contribution in [-0.4, -0.2) is 48.3 Å². The van der Waals surface area contributed by atoms with E-state index in [0.29, 0.717) is 18.9 Å². The fourth-order valence-corrected chi connectivity index (χ4v) is 3.56. The number of rotatable bonds is 5. The zero-order valence-electron chi connectivity index (χ0n) is 12.6. The van der Waals surface area contributed by atoms with Crippen LogP contribution >= 0.6 is 0 Å². The standard InChI is InChI=1S/C14H18N4O4S/c1-18-8-14(16-10-18)23(19,20)17-11-9-21-7-5-12(11)22-13-4-2-3-6-15-13/h2-4,6,8,10-12,17H,5,7,9H2,1H3/t11-,12-/m1/s1. The van der Waals surface area contributed by atoms with Gasteiger partial charge in [0.15, 0.2) is 5.03 Å². The molecule has 3 heterocycles. The van der Waals surface area contributed by atoms with Gasteiger partial charge in [0.1, 0.15) is 6.10 Å². The van der Waals surface area contributed by atoms with Crippen molar-refractivity contribution in [1.29, 1.82) is 0 Å². The number of nitrogens with zero attached hydrogens (tertiary/aromatic N) is 3. The highest BCUT2D eigenvalue weighted by Gasteiger charge is 2.32. The molecule has 23 heavy (non-hydrogen) atoms. The Morgan fingerprint density at radius 2 is 2.26 bits per heavy atom. The molecule has 124 valence electrons. The lowest BCUT2D eigenvalue weighted by atomic mass is 10.1. The molecule has 2 aromatic rings. The number of nitrogens with one attached hydrogen (secondary N) is 1. The van der Waals surface area contributed by atoms with Crippen LogP contribution in [0.25, 0.3) is 0 Å². The third-order valence-corrected chi connectivity index (χ3v) is 4.84. The van der Waals surface area contributed by atoms with Gasteiger partial charge in [-0.25, -0.2) is 23.1 Å². The van der Waals surface area contributed by atoms with E-state index in [1.165, 1.54) is 12.5 Å². The number of sulfonamides is 1. The van der Waals surface area contributed by atoms with Gasteiger partial charge in [-0.3, -0.25) is 0 Å². The highest BCUT2D eigenvalue weighted by Crippen LogP contribution is 2.17. The third kappa shape index (κ3) is 3.87. The summed E-state index contributed by atoms with van der Waals surface area (Å²) >= 11 is 0. The van der Waals surface area contributed by atoms with Crippen LogP contribution in [0.2, 0.25) is 0 Å². The molecule has 1 aliphatic heterocycles. The molecule has 0 saturated carbocycles. The molecule has 8 nitrogen and oxygen atoms in total. The zero-order valence-corrected chi connectivity index (χ0v) is 13.4. The molecule has 0 bridgehead atoms. The first-order valence-electron chi connectivity index (χ1n) is 7.20. The Morgan fingerprint density at radius 3 is 2.96 bits per heavy atom. The minimum atomic E-state index is -3.73. The van der Waals surface area contributed by atoms with E-state index in [2.05, 4.69) is 14.7 Å². The largest absolute Gasteiger partial charge is 0.472 e. The average molecular weight is 338 g/mol. The molecule has 0 aromatic carbocycles. The second-order valence-corrected chi connectivity index (χ2v) is 6.95. The molecular weight excluding hydrogens is 320 g/mol. The summed E-state index contributed by atoms with van der Waals surface area (Å²) in [6.45, 7) is 0.753. The molecule has 1 saturated heterocycles. The van der Waals surface area contributed by atoms with E-state index in [1.807, 2.05) is 6.07 Å². The van der Waals surface area contributed by atoms with E-state index in [0.717, 1.165) is 0 Å². The van der Waals surface area contributed by atoms with E-state index >= 15 is 0 Å². The number of aromatic nitrogens is 3. The molecule has 0 unspecified atom stereocenters. The average Bonchev–Trinajstić information content (AvgIpc) is 2.98. The number of ether oxygens (including phenoxy) is 2. The maximum atomic E-state index is 12.4. The first-order chi connectivity index (χ1) is 11.0. The van der Waals surface area contributed by atoms with Crippen LogP contribution in [0.3, 0.4) is 0 Å².